The van der Waals surface area contributed by atoms with Gasteiger partial charge in [-0.1, -0.05) is 6.92 Å². The van der Waals surface area contributed by atoms with Crippen LogP contribution in [0.15, 0.2) is 22.1 Å². The molecule has 2 aliphatic rings. The molecule has 0 spiro atoms. The first-order valence-corrected chi connectivity index (χ1v) is 8.81. The number of thiazole rings is 1. The number of carbonyl (C=O) groups excluding carboxylic acids is 1. The zero-order valence-electron chi connectivity index (χ0n) is 12.9. The Hall–Kier alpha value is -1.62. The fraction of sp³-hybridized carbons (Fsp3) is 0.529. The van der Waals surface area contributed by atoms with Crippen molar-refractivity contribution in [1.29, 1.82) is 0 Å². The molecule has 2 atom stereocenters. The van der Waals surface area contributed by atoms with E-state index in [2.05, 4.69) is 18.0 Å². The van der Waals surface area contributed by atoms with E-state index in [0.717, 1.165) is 40.9 Å². The lowest BCUT2D eigenvalue weighted by molar-refractivity contribution is 0.0720. The van der Waals surface area contributed by atoms with Crippen LogP contribution in [0.5, 0.6) is 0 Å². The van der Waals surface area contributed by atoms with E-state index < -0.39 is 0 Å². The molecule has 0 N–H and O–H groups in total. The summed E-state index contributed by atoms with van der Waals surface area (Å²) in [5.74, 6) is 3.40. The maximum Gasteiger partial charge on any atom is 0.266 e. The highest BCUT2D eigenvalue weighted by Crippen LogP contribution is 2.47. The third-order valence-electron chi connectivity index (χ3n) is 4.67. The number of aryl methyl sites for hydroxylation is 1. The Bertz CT molecular complexity index is 701. The number of amides is 1. The summed E-state index contributed by atoms with van der Waals surface area (Å²) in [5.41, 5.74) is 2.57. The molecule has 2 fully saturated rings. The van der Waals surface area contributed by atoms with Crippen molar-refractivity contribution in [2.45, 2.75) is 51.6 Å². The van der Waals surface area contributed by atoms with Crippen LogP contribution >= 0.6 is 11.3 Å². The number of hydrogen-bond acceptors (Lipinski definition) is 4. The average Bonchev–Trinajstić information content (AvgIpc) is 3.38. The molecule has 2 aromatic rings. The van der Waals surface area contributed by atoms with Crippen LogP contribution in [0.4, 0.5) is 0 Å². The van der Waals surface area contributed by atoms with Gasteiger partial charge in [-0.15, -0.1) is 11.3 Å². The molecule has 2 unspecified atom stereocenters. The summed E-state index contributed by atoms with van der Waals surface area (Å²) in [7, 11) is 0. The second-order valence-electron chi connectivity index (χ2n) is 6.55. The number of rotatable bonds is 5. The molecule has 116 valence electrons. The molecule has 0 saturated heterocycles. The molecular formula is C17H20N2O2S. The van der Waals surface area contributed by atoms with Gasteiger partial charge in [0.25, 0.3) is 5.91 Å². The highest BCUT2D eigenvalue weighted by molar-refractivity contribution is 7.11. The lowest BCUT2D eigenvalue weighted by atomic mass is 10.2. The van der Waals surface area contributed by atoms with Gasteiger partial charge in [0, 0.05) is 12.0 Å². The van der Waals surface area contributed by atoms with E-state index in [4.69, 9.17) is 4.42 Å². The smallest absolute Gasteiger partial charge is 0.266 e. The van der Waals surface area contributed by atoms with Crippen molar-refractivity contribution in [3.8, 4) is 0 Å². The SMILES string of the molecule is Cc1ncsc1C(=O)N(Cc1ccc(C2CC2C)o1)C1CC1. The Morgan fingerprint density at radius 1 is 1.45 bits per heavy atom. The van der Waals surface area contributed by atoms with E-state index in [1.54, 1.807) is 5.51 Å². The molecule has 0 aliphatic heterocycles. The maximum absolute atomic E-state index is 12.8. The highest BCUT2D eigenvalue weighted by atomic mass is 32.1. The summed E-state index contributed by atoms with van der Waals surface area (Å²) >= 11 is 1.43. The van der Waals surface area contributed by atoms with E-state index in [1.807, 2.05) is 17.9 Å². The molecule has 2 heterocycles. The van der Waals surface area contributed by atoms with Crippen LogP contribution in [0.2, 0.25) is 0 Å². The maximum atomic E-state index is 12.8. The Morgan fingerprint density at radius 3 is 2.82 bits per heavy atom. The van der Waals surface area contributed by atoms with Crippen molar-refractivity contribution >= 4 is 17.2 Å². The first-order chi connectivity index (χ1) is 10.6. The molecule has 0 bridgehead atoms. The molecule has 4 rings (SSSR count). The fourth-order valence-corrected chi connectivity index (χ4v) is 3.71. The van der Waals surface area contributed by atoms with Gasteiger partial charge in [0.15, 0.2) is 0 Å². The first kappa shape index (κ1) is 14.0. The van der Waals surface area contributed by atoms with Gasteiger partial charge in [-0.25, -0.2) is 4.98 Å². The quantitative estimate of drug-likeness (QED) is 0.838. The monoisotopic (exact) mass is 316 g/mol. The molecular weight excluding hydrogens is 296 g/mol. The summed E-state index contributed by atoms with van der Waals surface area (Å²) < 4.78 is 5.98. The fourth-order valence-electron chi connectivity index (χ4n) is 2.96. The summed E-state index contributed by atoms with van der Waals surface area (Å²) in [6.45, 7) is 4.72. The Labute approximate surface area is 134 Å². The minimum atomic E-state index is 0.0974. The zero-order valence-corrected chi connectivity index (χ0v) is 13.7. The predicted molar refractivity (Wildman–Crippen MR) is 85.0 cm³/mol. The topological polar surface area (TPSA) is 46.3 Å². The number of hydrogen-bond donors (Lipinski definition) is 0. The van der Waals surface area contributed by atoms with E-state index in [9.17, 15) is 4.79 Å². The van der Waals surface area contributed by atoms with Crippen molar-refractivity contribution in [3.05, 3.63) is 39.7 Å². The van der Waals surface area contributed by atoms with Gasteiger partial charge < -0.3 is 9.32 Å². The van der Waals surface area contributed by atoms with Crippen LogP contribution in [0.3, 0.4) is 0 Å². The molecule has 22 heavy (non-hydrogen) atoms. The lowest BCUT2D eigenvalue weighted by Crippen LogP contribution is -2.32. The number of carbonyl (C=O) groups is 1. The van der Waals surface area contributed by atoms with Crippen molar-refractivity contribution in [3.63, 3.8) is 0 Å². The van der Waals surface area contributed by atoms with E-state index in [0.29, 0.717) is 18.5 Å². The van der Waals surface area contributed by atoms with Gasteiger partial charge in [-0.2, -0.15) is 0 Å². The third-order valence-corrected chi connectivity index (χ3v) is 5.59. The summed E-state index contributed by atoms with van der Waals surface area (Å²) in [5, 5.41) is 0. The van der Waals surface area contributed by atoms with Gasteiger partial charge in [0.2, 0.25) is 0 Å². The highest BCUT2D eigenvalue weighted by Gasteiger charge is 2.38. The van der Waals surface area contributed by atoms with Crippen molar-refractivity contribution < 1.29 is 9.21 Å². The minimum absolute atomic E-state index is 0.0974. The van der Waals surface area contributed by atoms with Crippen LogP contribution < -0.4 is 0 Å². The zero-order chi connectivity index (χ0) is 15.3. The van der Waals surface area contributed by atoms with Gasteiger partial charge in [0.05, 0.1) is 17.7 Å². The Kier molecular flexibility index (Phi) is 3.33. The molecule has 1 amide bonds. The summed E-state index contributed by atoms with van der Waals surface area (Å²) in [4.78, 5) is 19.7. The van der Waals surface area contributed by atoms with E-state index in [-0.39, 0.29) is 5.91 Å². The Morgan fingerprint density at radius 2 is 2.23 bits per heavy atom. The van der Waals surface area contributed by atoms with Crippen LogP contribution in [-0.2, 0) is 6.54 Å². The van der Waals surface area contributed by atoms with Gasteiger partial charge in [-0.05, 0) is 44.2 Å². The molecule has 4 nitrogen and oxygen atoms in total. The first-order valence-electron chi connectivity index (χ1n) is 7.93. The van der Waals surface area contributed by atoms with Crippen LogP contribution in [0, 0.1) is 12.8 Å². The van der Waals surface area contributed by atoms with Crippen molar-refractivity contribution in [2.24, 2.45) is 5.92 Å². The summed E-state index contributed by atoms with van der Waals surface area (Å²) in [6.07, 6.45) is 3.41. The standard InChI is InChI=1S/C17H20N2O2S/c1-10-7-14(10)15-6-5-13(21-15)8-19(12-3-4-12)17(20)16-11(2)18-9-22-16/h5-6,9-10,12,14H,3-4,7-8H2,1-2H3. The molecule has 2 saturated carbocycles. The van der Waals surface area contributed by atoms with Gasteiger partial charge in [-0.3, -0.25) is 4.79 Å². The molecule has 2 aliphatic carbocycles. The van der Waals surface area contributed by atoms with Crippen LogP contribution in [0.25, 0.3) is 0 Å². The lowest BCUT2D eigenvalue weighted by Gasteiger charge is -2.20. The minimum Gasteiger partial charge on any atom is -0.464 e. The van der Waals surface area contributed by atoms with Gasteiger partial charge in [0.1, 0.15) is 16.4 Å². The second kappa shape index (κ2) is 5.23. The van der Waals surface area contributed by atoms with Crippen molar-refractivity contribution in [2.75, 3.05) is 0 Å². The molecule has 2 aromatic heterocycles. The van der Waals surface area contributed by atoms with Gasteiger partial charge >= 0.3 is 0 Å². The predicted octanol–water partition coefficient (Wildman–Crippen LogP) is 3.97. The Balaban J connectivity index is 1.52. The summed E-state index contributed by atoms with van der Waals surface area (Å²) in [6, 6.07) is 4.47. The third kappa shape index (κ3) is 2.58. The number of aromatic nitrogens is 1. The average molecular weight is 316 g/mol. The largest absolute Gasteiger partial charge is 0.464 e. The number of furan rings is 1. The van der Waals surface area contributed by atoms with Crippen LogP contribution in [0.1, 0.15) is 59.0 Å². The molecule has 0 aromatic carbocycles. The van der Waals surface area contributed by atoms with E-state index >= 15 is 0 Å². The van der Waals surface area contributed by atoms with Crippen molar-refractivity contribution in [1.82, 2.24) is 9.88 Å². The second-order valence-corrected chi connectivity index (χ2v) is 7.41. The normalized spacial score (nSPS) is 23.5. The molecule has 0 radical (unpaired) electrons. The van der Waals surface area contributed by atoms with E-state index in [1.165, 1.54) is 17.8 Å². The number of nitrogens with zero attached hydrogens (tertiary/aromatic N) is 2. The van der Waals surface area contributed by atoms with Crippen LogP contribution in [-0.4, -0.2) is 21.8 Å². The molecule has 5 heteroatoms.